The topological polar surface area (TPSA) is 24.7 Å². The highest BCUT2D eigenvalue weighted by Crippen LogP contribution is 2.29. The van der Waals surface area contributed by atoms with Gasteiger partial charge in [-0.3, -0.25) is 0 Å². The van der Waals surface area contributed by atoms with Crippen LogP contribution in [0.1, 0.15) is 27.7 Å². The van der Waals surface area contributed by atoms with E-state index < -0.39 is 0 Å². The summed E-state index contributed by atoms with van der Waals surface area (Å²) in [5.41, 5.74) is -0.460. The van der Waals surface area contributed by atoms with Crippen LogP contribution >= 0.6 is 0 Å². The fourth-order valence-corrected chi connectivity index (χ4v) is 2.17. The van der Waals surface area contributed by atoms with Crippen molar-refractivity contribution < 1.29 is 0 Å². The zero-order valence-electron chi connectivity index (χ0n) is 12.2. The number of rotatable bonds is 2. The summed E-state index contributed by atoms with van der Waals surface area (Å²) in [6.07, 6.45) is 16.8. The maximum Gasteiger partial charge on any atom is 0.0931 e. The van der Waals surface area contributed by atoms with Gasteiger partial charge in [0.2, 0.25) is 0 Å². The highest BCUT2D eigenvalue weighted by atomic mass is 14.9. The van der Waals surface area contributed by atoms with E-state index >= 15 is 0 Å². The normalized spacial score (nSPS) is 40.0. The maximum atomic E-state index is 4.56. The first kappa shape index (κ1) is 13.8. The zero-order valence-corrected chi connectivity index (χ0v) is 12.2. The van der Waals surface area contributed by atoms with Crippen LogP contribution in [0.25, 0.3) is 0 Å². The number of hydrogen-bond donors (Lipinski definition) is 0. The van der Waals surface area contributed by atoms with E-state index in [1.54, 1.807) is 0 Å². The van der Waals surface area contributed by atoms with Gasteiger partial charge in [-0.1, -0.05) is 62.5 Å². The molecule has 100 valence electrons. The van der Waals surface area contributed by atoms with Crippen molar-refractivity contribution in [3.8, 4) is 0 Å². The Bertz CT molecular complexity index is 473. The van der Waals surface area contributed by atoms with Gasteiger partial charge in [0.1, 0.15) is 0 Å². The molecular formula is C17H22N2. The molecule has 0 fully saturated rings. The third kappa shape index (κ3) is 2.85. The summed E-state index contributed by atoms with van der Waals surface area (Å²) in [6.45, 7) is 8.56. The molecule has 0 saturated heterocycles. The van der Waals surface area contributed by atoms with E-state index in [-0.39, 0.29) is 11.1 Å². The van der Waals surface area contributed by atoms with Crippen molar-refractivity contribution in [2.45, 2.75) is 38.8 Å². The molecule has 4 unspecified atom stereocenters. The third-order valence-corrected chi connectivity index (χ3v) is 4.31. The van der Waals surface area contributed by atoms with Gasteiger partial charge < -0.3 is 0 Å². The van der Waals surface area contributed by atoms with Gasteiger partial charge in [-0.05, 0) is 13.8 Å². The maximum absolute atomic E-state index is 4.56. The van der Waals surface area contributed by atoms with Crippen LogP contribution in [-0.2, 0) is 0 Å². The standard InChI is InChI=1S/C17H22N2/c1-14-9-5-7-11-16(14,3)18-13-19-17(4)12-8-6-10-15(17)2/h5-12,14-15H,1-4H3. The van der Waals surface area contributed by atoms with Crippen molar-refractivity contribution in [3.63, 3.8) is 0 Å². The van der Waals surface area contributed by atoms with Crippen LogP contribution in [0, 0.1) is 11.8 Å². The Kier molecular flexibility index (Phi) is 3.73. The number of hydrogen-bond acceptors (Lipinski definition) is 2. The van der Waals surface area contributed by atoms with Gasteiger partial charge in [0.15, 0.2) is 0 Å². The first-order valence-corrected chi connectivity index (χ1v) is 6.87. The largest absolute Gasteiger partial charge is 0.214 e. The molecule has 0 aliphatic heterocycles. The van der Waals surface area contributed by atoms with Gasteiger partial charge in [-0.25, -0.2) is 9.98 Å². The van der Waals surface area contributed by atoms with E-state index in [0.717, 1.165) is 0 Å². The average Bonchev–Trinajstić information content (AvgIpc) is 2.37. The number of aliphatic imine (C=N–C) groups is 2. The van der Waals surface area contributed by atoms with Gasteiger partial charge in [-0.2, -0.15) is 0 Å². The highest BCUT2D eigenvalue weighted by molar-refractivity contribution is 5.47. The molecule has 0 aromatic carbocycles. The minimum atomic E-state index is -0.230. The molecule has 4 atom stereocenters. The van der Waals surface area contributed by atoms with Crippen LogP contribution < -0.4 is 0 Å². The second kappa shape index (κ2) is 5.14. The smallest absolute Gasteiger partial charge is 0.0931 e. The minimum absolute atomic E-state index is 0.230. The van der Waals surface area contributed by atoms with E-state index in [4.69, 9.17) is 0 Å². The molecule has 0 amide bonds. The number of allylic oxidation sites excluding steroid dienone is 4. The van der Waals surface area contributed by atoms with Crippen molar-refractivity contribution >= 4 is 6.01 Å². The van der Waals surface area contributed by atoms with E-state index in [1.807, 2.05) is 12.2 Å². The van der Waals surface area contributed by atoms with Crippen LogP contribution in [0.5, 0.6) is 0 Å². The Hall–Kier alpha value is -1.66. The Morgan fingerprint density at radius 1 is 0.789 bits per heavy atom. The molecule has 0 bridgehead atoms. The molecule has 19 heavy (non-hydrogen) atoms. The first-order chi connectivity index (χ1) is 8.96. The summed E-state index contributed by atoms with van der Waals surface area (Å²) in [5, 5.41) is 0. The molecular weight excluding hydrogens is 232 g/mol. The second-order valence-corrected chi connectivity index (χ2v) is 5.84. The molecule has 0 heterocycles. The van der Waals surface area contributed by atoms with E-state index in [1.165, 1.54) is 0 Å². The quantitative estimate of drug-likeness (QED) is 0.660. The Morgan fingerprint density at radius 3 is 1.58 bits per heavy atom. The number of nitrogens with zero attached hydrogens (tertiary/aromatic N) is 2. The lowest BCUT2D eigenvalue weighted by molar-refractivity contribution is 0.449. The minimum Gasteiger partial charge on any atom is -0.214 e. The molecule has 0 spiro atoms. The van der Waals surface area contributed by atoms with Crippen molar-refractivity contribution in [1.29, 1.82) is 0 Å². The van der Waals surface area contributed by atoms with Crippen molar-refractivity contribution in [2.24, 2.45) is 21.8 Å². The first-order valence-electron chi connectivity index (χ1n) is 6.87. The molecule has 2 rings (SSSR count). The van der Waals surface area contributed by atoms with Gasteiger partial charge in [0.25, 0.3) is 0 Å². The highest BCUT2D eigenvalue weighted by Gasteiger charge is 2.29. The SMILES string of the molecule is CC1C=CC=CC1(C)N=C=NC1(C)C=CC=CC1C. The molecule has 2 heteroatoms. The third-order valence-electron chi connectivity index (χ3n) is 4.31. The summed E-state index contributed by atoms with van der Waals surface area (Å²) < 4.78 is 0. The Balaban J connectivity index is 2.21. The Labute approximate surface area is 116 Å². The van der Waals surface area contributed by atoms with Gasteiger partial charge in [0.05, 0.1) is 17.1 Å². The summed E-state index contributed by atoms with van der Waals surface area (Å²) in [4.78, 5) is 9.11. The van der Waals surface area contributed by atoms with Crippen LogP contribution in [0.3, 0.4) is 0 Å². The van der Waals surface area contributed by atoms with Crippen LogP contribution in [0.15, 0.2) is 58.6 Å². The Morgan fingerprint density at radius 2 is 1.21 bits per heavy atom. The predicted octanol–water partition coefficient (Wildman–Crippen LogP) is 4.20. The lowest BCUT2D eigenvalue weighted by Crippen LogP contribution is -2.30. The fourth-order valence-electron chi connectivity index (χ4n) is 2.17. The molecule has 0 saturated carbocycles. The zero-order chi connectivity index (χ0) is 13.9. The second-order valence-electron chi connectivity index (χ2n) is 5.84. The fraction of sp³-hybridized carbons (Fsp3) is 0.471. The molecule has 0 radical (unpaired) electrons. The lowest BCUT2D eigenvalue weighted by Gasteiger charge is -2.28. The van der Waals surface area contributed by atoms with E-state index in [0.29, 0.717) is 11.8 Å². The van der Waals surface area contributed by atoms with Gasteiger partial charge in [-0.15, -0.1) is 0 Å². The van der Waals surface area contributed by atoms with Crippen molar-refractivity contribution in [1.82, 2.24) is 0 Å². The molecule has 2 aliphatic carbocycles. The lowest BCUT2D eigenvalue weighted by atomic mass is 9.84. The van der Waals surface area contributed by atoms with Gasteiger partial charge in [0, 0.05) is 11.8 Å². The van der Waals surface area contributed by atoms with Gasteiger partial charge >= 0.3 is 0 Å². The predicted molar refractivity (Wildman–Crippen MR) is 81.6 cm³/mol. The van der Waals surface area contributed by atoms with Crippen molar-refractivity contribution in [2.75, 3.05) is 0 Å². The summed E-state index contributed by atoms with van der Waals surface area (Å²) in [7, 11) is 0. The molecule has 2 aliphatic rings. The van der Waals surface area contributed by atoms with E-state index in [2.05, 4.69) is 80.1 Å². The average molecular weight is 254 g/mol. The molecule has 0 N–H and O–H groups in total. The monoisotopic (exact) mass is 254 g/mol. The van der Waals surface area contributed by atoms with E-state index in [9.17, 15) is 0 Å². The van der Waals surface area contributed by atoms with Crippen LogP contribution in [0.4, 0.5) is 0 Å². The molecule has 0 aromatic rings. The molecule has 0 aromatic heterocycles. The summed E-state index contributed by atoms with van der Waals surface area (Å²) >= 11 is 0. The van der Waals surface area contributed by atoms with Crippen LogP contribution in [-0.4, -0.2) is 17.1 Å². The summed E-state index contributed by atoms with van der Waals surface area (Å²) in [6, 6.07) is 2.95. The van der Waals surface area contributed by atoms with Crippen molar-refractivity contribution in [3.05, 3.63) is 48.6 Å². The summed E-state index contributed by atoms with van der Waals surface area (Å²) in [5.74, 6) is 0.736. The van der Waals surface area contributed by atoms with Crippen LogP contribution in [0.2, 0.25) is 0 Å². The molecule has 2 nitrogen and oxygen atoms in total.